The Morgan fingerprint density at radius 1 is 0.828 bits per heavy atom. The highest BCUT2D eigenvalue weighted by Crippen LogP contribution is 2.28. The van der Waals surface area contributed by atoms with E-state index in [9.17, 15) is 4.79 Å². The third kappa shape index (κ3) is 4.25. The number of benzene rings is 3. The number of anilines is 1. The molecule has 0 aliphatic heterocycles. The molecule has 5 heteroatoms. The number of aromatic nitrogens is 2. The van der Waals surface area contributed by atoms with Gasteiger partial charge in [0.15, 0.2) is 0 Å². The summed E-state index contributed by atoms with van der Waals surface area (Å²) in [6.45, 7) is 3.86. The fourth-order valence-electron chi connectivity index (χ4n) is 3.13. The summed E-state index contributed by atoms with van der Waals surface area (Å²) in [5, 5.41) is 7.61. The van der Waals surface area contributed by atoms with E-state index in [-0.39, 0.29) is 5.91 Å². The Labute approximate surface area is 174 Å². The molecule has 3 aromatic carbocycles. The van der Waals surface area contributed by atoms with Crippen LogP contribution in [0.25, 0.3) is 5.69 Å². The topological polar surface area (TPSA) is 46.9 Å². The zero-order valence-corrected chi connectivity index (χ0v) is 17.1. The Kier molecular flexibility index (Phi) is 5.49. The lowest BCUT2D eigenvalue weighted by Gasteiger charge is -2.08. The zero-order chi connectivity index (χ0) is 20.2. The fraction of sp³-hybridized carbons (Fsp3) is 0.0833. The lowest BCUT2D eigenvalue weighted by molar-refractivity contribution is 0.102. The molecule has 4 aromatic rings. The second-order valence-electron chi connectivity index (χ2n) is 6.69. The average Bonchev–Trinajstić information content (AvgIpc) is 3.04. The Morgan fingerprint density at radius 3 is 2.07 bits per heavy atom. The summed E-state index contributed by atoms with van der Waals surface area (Å²) < 4.78 is 1.85. The maximum absolute atomic E-state index is 12.8. The summed E-state index contributed by atoms with van der Waals surface area (Å²) in [6, 6.07) is 27.7. The highest BCUT2D eigenvalue weighted by Gasteiger charge is 2.16. The number of nitrogens with zero attached hydrogens (tertiary/aromatic N) is 2. The predicted molar refractivity (Wildman–Crippen MR) is 118 cm³/mol. The van der Waals surface area contributed by atoms with E-state index in [4.69, 9.17) is 0 Å². The molecule has 0 spiro atoms. The van der Waals surface area contributed by atoms with Crippen LogP contribution < -0.4 is 5.32 Å². The van der Waals surface area contributed by atoms with E-state index in [1.165, 1.54) is 4.90 Å². The van der Waals surface area contributed by atoms with Gasteiger partial charge in [0.2, 0.25) is 0 Å². The second-order valence-corrected chi connectivity index (χ2v) is 7.83. The third-order valence-corrected chi connectivity index (χ3v) is 5.64. The molecule has 0 radical (unpaired) electrons. The van der Waals surface area contributed by atoms with E-state index >= 15 is 0 Å². The van der Waals surface area contributed by atoms with Gasteiger partial charge in [0.1, 0.15) is 0 Å². The van der Waals surface area contributed by atoms with Gasteiger partial charge >= 0.3 is 0 Å². The lowest BCUT2D eigenvalue weighted by Crippen LogP contribution is -2.13. The average molecular weight is 400 g/mol. The highest BCUT2D eigenvalue weighted by molar-refractivity contribution is 7.99. The first-order valence-corrected chi connectivity index (χ1v) is 10.2. The van der Waals surface area contributed by atoms with Gasteiger partial charge < -0.3 is 5.32 Å². The molecule has 1 amide bonds. The molecule has 0 aliphatic rings. The maximum Gasteiger partial charge on any atom is 0.255 e. The Bertz CT molecular complexity index is 1120. The van der Waals surface area contributed by atoms with Crippen molar-refractivity contribution < 1.29 is 4.79 Å². The third-order valence-electron chi connectivity index (χ3n) is 4.63. The van der Waals surface area contributed by atoms with E-state index in [1.807, 2.05) is 91.3 Å². The number of nitrogens with one attached hydrogen (secondary N) is 1. The molecule has 4 rings (SSSR count). The van der Waals surface area contributed by atoms with Crippen LogP contribution in [0, 0.1) is 13.8 Å². The van der Waals surface area contributed by atoms with Crippen LogP contribution in [0.15, 0.2) is 94.7 Å². The molecular weight excluding hydrogens is 378 g/mol. The minimum absolute atomic E-state index is 0.139. The molecule has 4 nitrogen and oxygen atoms in total. The standard InChI is InChI=1S/C24H21N3OS/c1-17-23(18(2)27(26-17)20-9-5-3-6-10-20)25-24(28)19-13-15-22(16-14-19)29-21-11-7-4-8-12-21/h3-16H,1-2H3,(H,25,28). The summed E-state index contributed by atoms with van der Waals surface area (Å²) in [4.78, 5) is 15.0. The first-order valence-electron chi connectivity index (χ1n) is 9.38. The van der Waals surface area contributed by atoms with E-state index in [0.717, 1.165) is 27.7 Å². The molecule has 0 saturated carbocycles. The first kappa shape index (κ1) is 19.0. The van der Waals surface area contributed by atoms with Gasteiger partial charge in [0, 0.05) is 15.4 Å². The monoisotopic (exact) mass is 399 g/mol. The second kappa shape index (κ2) is 8.37. The van der Waals surface area contributed by atoms with Crippen molar-refractivity contribution in [3.63, 3.8) is 0 Å². The predicted octanol–water partition coefficient (Wildman–Crippen LogP) is 5.89. The normalized spacial score (nSPS) is 10.7. The van der Waals surface area contributed by atoms with E-state index < -0.39 is 0 Å². The molecule has 0 atom stereocenters. The van der Waals surface area contributed by atoms with Gasteiger partial charge in [-0.2, -0.15) is 5.10 Å². The van der Waals surface area contributed by atoms with Gasteiger partial charge in [-0.1, -0.05) is 48.2 Å². The van der Waals surface area contributed by atoms with Gasteiger partial charge in [0.05, 0.1) is 22.8 Å². The number of carbonyl (C=O) groups is 1. The molecule has 144 valence electrons. The Balaban J connectivity index is 1.50. The molecular formula is C24H21N3OS. The molecule has 0 bridgehead atoms. The highest BCUT2D eigenvalue weighted by atomic mass is 32.2. The Hall–Kier alpha value is -3.31. The van der Waals surface area contributed by atoms with Gasteiger partial charge in [-0.15, -0.1) is 0 Å². The smallest absolute Gasteiger partial charge is 0.255 e. The largest absolute Gasteiger partial charge is 0.319 e. The summed E-state index contributed by atoms with van der Waals surface area (Å²) in [5.41, 5.74) is 4.03. The summed E-state index contributed by atoms with van der Waals surface area (Å²) in [6.07, 6.45) is 0. The van der Waals surface area contributed by atoms with Crippen molar-refractivity contribution in [2.24, 2.45) is 0 Å². The summed E-state index contributed by atoms with van der Waals surface area (Å²) >= 11 is 1.67. The number of para-hydroxylation sites is 1. The molecule has 1 N–H and O–H groups in total. The van der Waals surface area contributed by atoms with Crippen molar-refractivity contribution in [1.29, 1.82) is 0 Å². The van der Waals surface area contributed by atoms with Crippen LogP contribution in [-0.4, -0.2) is 15.7 Å². The molecule has 0 fully saturated rings. The number of rotatable bonds is 5. The van der Waals surface area contributed by atoms with Crippen molar-refractivity contribution in [3.8, 4) is 5.69 Å². The molecule has 0 aliphatic carbocycles. The van der Waals surface area contributed by atoms with Crippen molar-refractivity contribution in [3.05, 3.63) is 102 Å². The quantitative estimate of drug-likeness (QED) is 0.455. The minimum Gasteiger partial charge on any atom is -0.319 e. The molecule has 1 aromatic heterocycles. The summed E-state index contributed by atoms with van der Waals surface area (Å²) in [7, 11) is 0. The van der Waals surface area contributed by atoms with Crippen molar-refractivity contribution >= 4 is 23.4 Å². The van der Waals surface area contributed by atoms with Gasteiger partial charge in [-0.3, -0.25) is 4.79 Å². The lowest BCUT2D eigenvalue weighted by atomic mass is 10.2. The Morgan fingerprint density at radius 2 is 1.41 bits per heavy atom. The number of carbonyl (C=O) groups excluding carboxylic acids is 1. The van der Waals surface area contributed by atoms with Crippen LogP contribution in [0.4, 0.5) is 5.69 Å². The van der Waals surface area contributed by atoms with Crippen molar-refractivity contribution in [1.82, 2.24) is 9.78 Å². The number of amides is 1. The van der Waals surface area contributed by atoms with E-state index in [0.29, 0.717) is 5.56 Å². The van der Waals surface area contributed by atoms with Gasteiger partial charge in [0.25, 0.3) is 5.91 Å². The number of hydrogen-bond acceptors (Lipinski definition) is 3. The number of hydrogen-bond donors (Lipinski definition) is 1. The van der Waals surface area contributed by atoms with Crippen LogP contribution >= 0.6 is 11.8 Å². The van der Waals surface area contributed by atoms with Crippen LogP contribution in [-0.2, 0) is 0 Å². The van der Waals surface area contributed by atoms with Crippen LogP contribution in [0.5, 0.6) is 0 Å². The fourth-order valence-corrected chi connectivity index (χ4v) is 3.97. The van der Waals surface area contributed by atoms with E-state index in [2.05, 4.69) is 22.5 Å². The molecule has 0 unspecified atom stereocenters. The molecule has 29 heavy (non-hydrogen) atoms. The van der Waals surface area contributed by atoms with Gasteiger partial charge in [-0.25, -0.2) is 4.68 Å². The van der Waals surface area contributed by atoms with Crippen LogP contribution in [0.3, 0.4) is 0 Å². The van der Waals surface area contributed by atoms with Gasteiger partial charge in [-0.05, 0) is 62.4 Å². The number of aryl methyl sites for hydroxylation is 1. The molecule has 1 heterocycles. The van der Waals surface area contributed by atoms with Crippen molar-refractivity contribution in [2.75, 3.05) is 5.32 Å². The van der Waals surface area contributed by atoms with Crippen LogP contribution in [0.1, 0.15) is 21.7 Å². The van der Waals surface area contributed by atoms with Crippen LogP contribution in [0.2, 0.25) is 0 Å². The minimum atomic E-state index is -0.139. The zero-order valence-electron chi connectivity index (χ0n) is 16.3. The molecule has 0 saturated heterocycles. The van der Waals surface area contributed by atoms with Crippen molar-refractivity contribution in [2.45, 2.75) is 23.6 Å². The summed E-state index contributed by atoms with van der Waals surface area (Å²) in [5.74, 6) is -0.139. The maximum atomic E-state index is 12.8. The first-order chi connectivity index (χ1) is 14.1. The van der Waals surface area contributed by atoms with E-state index in [1.54, 1.807) is 11.8 Å². The SMILES string of the molecule is Cc1nn(-c2ccccc2)c(C)c1NC(=O)c1ccc(Sc2ccccc2)cc1.